The zero-order chi connectivity index (χ0) is 18.2. The van der Waals surface area contributed by atoms with E-state index in [1.165, 1.54) is 18.5 Å². The maximum Gasteiger partial charge on any atom is 0.157 e. The number of anilines is 1. The first-order valence-corrected chi connectivity index (χ1v) is 8.94. The molecule has 1 unspecified atom stereocenters. The Morgan fingerprint density at radius 3 is 2.76 bits per heavy atom. The lowest BCUT2D eigenvalue weighted by atomic mass is 10.2. The van der Waals surface area contributed by atoms with Gasteiger partial charge in [0.05, 0.1) is 6.61 Å². The van der Waals surface area contributed by atoms with Crippen LogP contribution in [0.4, 0.5) is 5.82 Å². The Bertz CT molecular complexity index is 662. The first-order chi connectivity index (χ1) is 12.2. The maximum absolute atomic E-state index is 9.03. The lowest BCUT2D eigenvalue weighted by molar-refractivity contribution is 0.331. The van der Waals surface area contributed by atoms with E-state index in [4.69, 9.17) is 5.11 Å². The van der Waals surface area contributed by atoms with Crippen molar-refractivity contribution in [3.8, 4) is 0 Å². The Labute approximate surface area is 150 Å². The molecule has 3 rings (SSSR count). The number of nitrogens with zero attached hydrogens (tertiary/aromatic N) is 2. The highest BCUT2D eigenvalue weighted by molar-refractivity contribution is 5.60. The van der Waals surface area contributed by atoms with Crippen molar-refractivity contribution >= 4 is 11.4 Å². The van der Waals surface area contributed by atoms with Gasteiger partial charge in [-0.1, -0.05) is 26.0 Å². The number of aliphatic hydroxyl groups excluding tert-OH is 1. The number of hydrazine groups is 1. The highest BCUT2D eigenvalue weighted by Gasteiger charge is 2.29. The van der Waals surface area contributed by atoms with Crippen molar-refractivity contribution in [2.75, 3.05) is 11.9 Å². The van der Waals surface area contributed by atoms with Crippen LogP contribution in [0.1, 0.15) is 46.4 Å². The fraction of sp³-hybridized carbons (Fsp3) is 0.474. The van der Waals surface area contributed by atoms with Crippen LogP contribution < -0.4 is 16.2 Å². The van der Waals surface area contributed by atoms with Crippen LogP contribution >= 0.6 is 0 Å². The number of nitrogens with one attached hydrogen (secondary N) is 3. The van der Waals surface area contributed by atoms with Crippen LogP contribution in [-0.2, 0) is 0 Å². The molecule has 0 amide bonds. The minimum Gasteiger partial charge on any atom is -0.392 e. The van der Waals surface area contributed by atoms with Crippen molar-refractivity contribution in [2.45, 2.75) is 46.7 Å². The second kappa shape index (κ2) is 9.34. The molecule has 0 radical (unpaired) electrons. The predicted molar refractivity (Wildman–Crippen MR) is 102 cm³/mol. The highest BCUT2D eigenvalue weighted by atomic mass is 16.3. The number of allylic oxidation sites excluding steroid dienone is 4. The molecule has 2 heterocycles. The van der Waals surface area contributed by atoms with Crippen LogP contribution in [0.2, 0.25) is 0 Å². The molecule has 1 aromatic rings. The van der Waals surface area contributed by atoms with Gasteiger partial charge < -0.3 is 15.8 Å². The third kappa shape index (κ3) is 5.69. The Morgan fingerprint density at radius 2 is 2.08 bits per heavy atom. The number of aromatic nitrogens is 2. The standard InChI is InChI=1S/C17H23N5O.C2H6/c1-11(10-23)3-4-12(2)17-18-8-7-15(20-17)19-16-9-14(21-22-16)13-5-6-13;1-2/h3-4,7-9,13,16,21-23H,5-6,10H2,1-2H3,(H,18,19,20);1-2H3/b11-3+,12-4+;. The summed E-state index contributed by atoms with van der Waals surface area (Å²) < 4.78 is 0. The second-order valence-corrected chi connectivity index (χ2v) is 6.07. The van der Waals surface area contributed by atoms with E-state index in [9.17, 15) is 0 Å². The Morgan fingerprint density at radius 1 is 1.32 bits per heavy atom. The van der Waals surface area contributed by atoms with E-state index >= 15 is 0 Å². The molecule has 0 aromatic carbocycles. The molecule has 136 valence electrons. The minimum absolute atomic E-state index is 0.0363. The van der Waals surface area contributed by atoms with Crippen molar-refractivity contribution in [3.63, 3.8) is 0 Å². The zero-order valence-electron chi connectivity index (χ0n) is 15.5. The van der Waals surface area contributed by atoms with Gasteiger partial charge in [-0.3, -0.25) is 0 Å². The molecule has 0 saturated heterocycles. The first-order valence-electron chi connectivity index (χ1n) is 8.94. The van der Waals surface area contributed by atoms with Gasteiger partial charge in [0.2, 0.25) is 0 Å². The van der Waals surface area contributed by atoms with Crippen LogP contribution in [0, 0.1) is 5.92 Å². The second-order valence-electron chi connectivity index (χ2n) is 6.07. The van der Waals surface area contributed by atoms with Gasteiger partial charge in [-0.15, -0.1) is 0 Å². The molecule has 0 spiro atoms. The minimum atomic E-state index is 0.0363. The van der Waals surface area contributed by atoms with Crippen LogP contribution in [0.3, 0.4) is 0 Å². The fourth-order valence-electron chi connectivity index (χ4n) is 2.32. The Kier molecular flexibility index (Phi) is 7.16. The third-order valence-electron chi connectivity index (χ3n) is 3.91. The van der Waals surface area contributed by atoms with Crippen molar-refractivity contribution in [1.82, 2.24) is 20.8 Å². The van der Waals surface area contributed by atoms with Gasteiger partial charge in [0.25, 0.3) is 0 Å². The normalized spacial score (nSPS) is 20.4. The molecular formula is C19H29N5O. The molecule has 1 atom stereocenters. The SMILES string of the molecule is C/C(=C\C=C(/C)c1nccc(NC2C=C(C3CC3)NN2)n1)CO.CC. The average Bonchev–Trinajstić information content (AvgIpc) is 3.41. The summed E-state index contributed by atoms with van der Waals surface area (Å²) >= 11 is 0. The lowest BCUT2D eigenvalue weighted by Crippen LogP contribution is -2.37. The topological polar surface area (TPSA) is 82.1 Å². The van der Waals surface area contributed by atoms with Gasteiger partial charge in [-0.2, -0.15) is 0 Å². The molecule has 2 aliphatic rings. The van der Waals surface area contributed by atoms with E-state index < -0.39 is 0 Å². The number of aliphatic hydroxyl groups is 1. The van der Waals surface area contributed by atoms with Gasteiger partial charge in [-0.05, 0) is 55.9 Å². The van der Waals surface area contributed by atoms with Crippen LogP contribution in [0.15, 0.2) is 41.8 Å². The van der Waals surface area contributed by atoms with Gasteiger partial charge >= 0.3 is 0 Å². The van der Waals surface area contributed by atoms with Gasteiger partial charge in [-0.25, -0.2) is 15.4 Å². The molecule has 1 aliphatic heterocycles. The van der Waals surface area contributed by atoms with Crippen molar-refractivity contribution in [3.05, 3.63) is 47.6 Å². The maximum atomic E-state index is 9.03. The summed E-state index contributed by atoms with van der Waals surface area (Å²) in [6, 6.07) is 1.86. The molecule has 0 bridgehead atoms. The molecule has 4 N–H and O–H groups in total. The zero-order valence-corrected chi connectivity index (χ0v) is 15.5. The molecule has 25 heavy (non-hydrogen) atoms. The van der Waals surface area contributed by atoms with Crippen LogP contribution in [-0.4, -0.2) is 27.8 Å². The van der Waals surface area contributed by atoms with E-state index in [0.29, 0.717) is 11.7 Å². The first kappa shape index (κ1) is 19.1. The summed E-state index contributed by atoms with van der Waals surface area (Å²) in [6.07, 6.45) is 10.3. The molecule has 1 aromatic heterocycles. The van der Waals surface area contributed by atoms with Gasteiger partial charge in [0.1, 0.15) is 12.0 Å². The smallest absolute Gasteiger partial charge is 0.157 e. The summed E-state index contributed by atoms with van der Waals surface area (Å²) in [5, 5.41) is 12.4. The van der Waals surface area contributed by atoms with E-state index in [-0.39, 0.29) is 12.8 Å². The number of rotatable bonds is 6. The van der Waals surface area contributed by atoms with Crippen molar-refractivity contribution in [1.29, 1.82) is 0 Å². The quantitative estimate of drug-likeness (QED) is 0.595. The van der Waals surface area contributed by atoms with Crippen LogP contribution in [0.5, 0.6) is 0 Å². The molecule has 1 aliphatic carbocycles. The third-order valence-corrected chi connectivity index (χ3v) is 3.91. The molecule has 1 saturated carbocycles. The summed E-state index contributed by atoms with van der Waals surface area (Å²) in [4.78, 5) is 8.85. The van der Waals surface area contributed by atoms with Crippen LogP contribution in [0.25, 0.3) is 5.57 Å². The van der Waals surface area contributed by atoms with E-state index in [1.807, 2.05) is 45.9 Å². The number of hydrogen-bond donors (Lipinski definition) is 4. The molecule has 6 nitrogen and oxygen atoms in total. The molecule has 6 heteroatoms. The van der Waals surface area contributed by atoms with E-state index in [2.05, 4.69) is 32.2 Å². The average molecular weight is 343 g/mol. The fourth-order valence-corrected chi connectivity index (χ4v) is 2.32. The van der Waals surface area contributed by atoms with Gasteiger partial charge in [0, 0.05) is 11.9 Å². The molecule has 1 fully saturated rings. The van der Waals surface area contributed by atoms with Crippen molar-refractivity contribution in [2.24, 2.45) is 5.92 Å². The van der Waals surface area contributed by atoms with Gasteiger partial charge in [0.15, 0.2) is 5.82 Å². The number of hydrogen-bond acceptors (Lipinski definition) is 6. The summed E-state index contributed by atoms with van der Waals surface area (Å²) in [5.74, 6) is 2.15. The predicted octanol–water partition coefficient (Wildman–Crippen LogP) is 2.98. The molecular weight excluding hydrogens is 314 g/mol. The highest BCUT2D eigenvalue weighted by Crippen LogP contribution is 2.35. The van der Waals surface area contributed by atoms with Crippen molar-refractivity contribution < 1.29 is 5.11 Å². The monoisotopic (exact) mass is 343 g/mol. The summed E-state index contributed by atoms with van der Waals surface area (Å²) in [7, 11) is 0. The Balaban J connectivity index is 0.00000109. The Hall–Kier alpha value is -2.18. The van der Waals surface area contributed by atoms with E-state index in [0.717, 1.165) is 17.0 Å². The lowest BCUT2D eigenvalue weighted by Gasteiger charge is -2.12. The largest absolute Gasteiger partial charge is 0.392 e. The summed E-state index contributed by atoms with van der Waals surface area (Å²) in [6.45, 7) is 7.90. The summed E-state index contributed by atoms with van der Waals surface area (Å²) in [5.41, 5.74) is 9.56. The van der Waals surface area contributed by atoms with E-state index in [1.54, 1.807) is 6.20 Å².